The van der Waals surface area contributed by atoms with Crippen LogP contribution in [0.5, 0.6) is 0 Å². The molecule has 3 rings (SSSR count). The van der Waals surface area contributed by atoms with Gasteiger partial charge in [0.15, 0.2) is 0 Å². The number of carbonyl (C=O) groups is 1. The number of nitrogens with one attached hydrogen (secondary N) is 1. The van der Waals surface area contributed by atoms with Gasteiger partial charge in [-0.2, -0.15) is 0 Å². The summed E-state index contributed by atoms with van der Waals surface area (Å²) in [6.45, 7) is 4.05. The Kier molecular flexibility index (Phi) is 5.93. The number of nitrogens with zero attached hydrogens (tertiary/aromatic N) is 3. The minimum atomic E-state index is -0.484. The summed E-state index contributed by atoms with van der Waals surface area (Å²) in [7, 11) is 0. The Bertz CT molecular complexity index is 1160. The SMILES string of the molecule is CCCN(Cc1nc2cc(Cl)ccc2c(=O)[nH]1)C(=O)c1ccc([N+](=O)[O-])c(C)c1. The number of nitro groups is 1. The van der Waals surface area contributed by atoms with Crippen LogP contribution in [-0.2, 0) is 6.54 Å². The fourth-order valence-corrected chi connectivity index (χ4v) is 3.28. The van der Waals surface area contributed by atoms with Crippen molar-refractivity contribution in [1.29, 1.82) is 0 Å². The Labute approximate surface area is 171 Å². The Morgan fingerprint density at radius 2 is 2.03 bits per heavy atom. The molecule has 1 amide bonds. The first-order valence-corrected chi connectivity index (χ1v) is 9.40. The van der Waals surface area contributed by atoms with Crippen molar-refractivity contribution in [3.05, 3.63) is 78.8 Å². The number of carbonyl (C=O) groups excluding carboxylic acids is 1. The second kappa shape index (κ2) is 8.40. The summed E-state index contributed by atoms with van der Waals surface area (Å²) in [6, 6.07) is 9.07. The second-order valence-corrected chi connectivity index (χ2v) is 7.10. The molecule has 1 N–H and O–H groups in total. The normalized spacial score (nSPS) is 10.9. The lowest BCUT2D eigenvalue weighted by Gasteiger charge is -2.22. The average molecular weight is 415 g/mol. The zero-order valence-electron chi connectivity index (χ0n) is 15.9. The van der Waals surface area contributed by atoms with E-state index in [0.29, 0.717) is 45.8 Å². The van der Waals surface area contributed by atoms with Crippen LogP contribution in [0.3, 0.4) is 0 Å². The Morgan fingerprint density at radius 1 is 1.28 bits per heavy atom. The molecule has 0 fully saturated rings. The number of amides is 1. The third kappa shape index (κ3) is 4.43. The molecule has 0 saturated heterocycles. The van der Waals surface area contributed by atoms with Gasteiger partial charge in [0.2, 0.25) is 0 Å². The van der Waals surface area contributed by atoms with E-state index in [1.165, 1.54) is 18.2 Å². The van der Waals surface area contributed by atoms with Crippen LogP contribution < -0.4 is 5.56 Å². The molecular formula is C20H19ClN4O4. The standard InChI is InChI=1S/C20H19ClN4O4/c1-3-8-24(20(27)13-4-7-17(25(28)29)12(2)9-13)11-18-22-16-10-14(21)5-6-15(16)19(26)23-18/h4-7,9-10H,3,8,11H2,1-2H3,(H,22,23,26). The van der Waals surface area contributed by atoms with E-state index < -0.39 is 4.92 Å². The van der Waals surface area contributed by atoms with Crippen LogP contribution in [0.4, 0.5) is 5.69 Å². The average Bonchev–Trinajstić information content (AvgIpc) is 2.66. The number of nitro benzene ring substituents is 1. The molecule has 0 atom stereocenters. The molecule has 2 aromatic carbocycles. The van der Waals surface area contributed by atoms with Crippen molar-refractivity contribution < 1.29 is 9.72 Å². The zero-order valence-corrected chi connectivity index (χ0v) is 16.7. The monoisotopic (exact) mass is 414 g/mol. The molecule has 1 heterocycles. The van der Waals surface area contributed by atoms with Crippen molar-refractivity contribution in [3.63, 3.8) is 0 Å². The number of aryl methyl sites for hydroxylation is 1. The number of aromatic amines is 1. The lowest BCUT2D eigenvalue weighted by Crippen LogP contribution is -2.33. The van der Waals surface area contributed by atoms with Gasteiger partial charge in [0, 0.05) is 28.8 Å². The molecule has 0 bridgehead atoms. The predicted molar refractivity (Wildman–Crippen MR) is 110 cm³/mol. The maximum absolute atomic E-state index is 13.0. The van der Waals surface area contributed by atoms with Crippen LogP contribution in [0.2, 0.25) is 5.02 Å². The van der Waals surface area contributed by atoms with Crippen molar-refractivity contribution in [3.8, 4) is 0 Å². The highest BCUT2D eigenvalue weighted by Gasteiger charge is 2.20. The van der Waals surface area contributed by atoms with Crippen LogP contribution in [0.25, 0.3) is 10.9 Å². The smallest absolute Gasteiger partial charge is 0.272 e. The first-order valence-electron chi connectivity index (χ1n) is 9.03. The van der Waals surface area contributed by atoms with Gasteiger partial charge < -0.3 is 9.88 Å². The highest BCUT2D eigenvalue weighted by atomic mass is 35.5. The summed E-state index contributed by atoms with van der Waals surface area (Å²) < 4.78 is 0. The lowest BCUT2D eigenvalue weighted by atomic mass is 10.1. The van der Waals surface area contributed by atoms with Gasteiger partial charge in [-0.3, -0.25) is 19.7 Å². The Hall–Kier alpha value is -3.26. The van der Waals surface area contributed by atoms with Gasteiger partial charge in [0.1, 0.15) is 5.82 Å². The maximum atomic E-state index is 13.0. The number of H-pyrrole nitrogens is 1. The molecule has 9 heteroatoms. The van der Waals surface area contributed by atoms with E-state index in [1.807, 2.05) is 6.92 Å². The van der Waals surface area contributed by atoms with Crippen molar-refractivity contribution in [2.75, 3.05) is 6.54 Å². The largest absolute Gasteiger partial charge is 0.331 e. The lowest BCUT2D eigenvalue weighted by molar-refractivity contribution is -0.385. The number of hydrogen-bond donors (Lipinski definition) is 1. The number of benzene rings is 2. The summed E-state index contributed by atoms with van der Waals surface area (Å²) in [5.74, 6) is 0.0453. The van der Waals surface area contributed by atoms with Crippen molar-refractivity contribution in [2.45, 2.75) is 26.8 Å². The summed E-state index contributed by atoms with van der Waals surface area (Å²) in [5, 5.41) is 11.9. The number of fused-ring (bicyclic) bond motifs is 1. The third-order valence-electron chi connectivity index (χ3n) is 4.48. The van der Waals surface area contributed by atoms with Gasteiger partial charge >= 0.3 is 0 Å². The van der Waals surface area contributed by atoms with E-state index in [9.17, 15) is 19.7 Å². The number of rotatable bonds is 6. The summed E-state index contributed by atoms with van der Waals surface area (Å²) in [5.41, 5.74) is 0.848. The van der Waals surface area contributed by atoms with E-state index in [-0.39, 0.29) is 23.7 Å². The summed E-state index contributed by atoms with van der Waals surface area (Å²) >= 11 is 5.99. The minimum Gasteiger partial charge on any atom is -0.331 e. The van der Waals surface area contributed by atoms with Gasteiger partial charge in [0.25, 0.3) is 17.2 Å². The van der Waals surface area contributed by atoms with Gasteiger partial charge in [0.05, 0.1) is 22.4 Å². The number of aromatic nitrogens is 2. The van der Waals surface area contributed by atoms with E-state index >= 15 is 0 Å². The fourth-order valence-electron chi connectivity index (χ4n) is 3.11. The van der Waals surface area contributed by atoms with Crippen molar-refractivity contribution >= 4 is 34.1 Å². The van der Waals surface area contributed by atoms with Gasteiger partial charge in [-0.15, -0.1) is 0 Å². The number of hydrogen-bond acceptors (Lipinski definition) is 5. The molecule has 0 radical (unpaired) electrons. The summed E-state index contributed by atoms with van der Waals surface area (Å²) in [6.07, 6.45) is 0.696. The molecule has 0 spiro atoms. The molecule has 0 unspecified atom stereocenters. The first kappa shape index (κ1) is 20.5. The van der Waals surface area contributed by atoms with Gasteiger partial charge in [-0.05, 0) is 43.7 Å². The predicted octanol–water partition coefficient (Wildman–Crippen LogP) is 3.85. The third-order valence-corrected chi connectivity index (χ3v) is 4.71. The molecule has 0 aliphatic carbocycles. The van der Waals surface area contributed by atoms with Crippen LogP contribution in [-0.4, -0.2) is 32.2 Å². The van der Waals surface area contributed by atoms with Crippen molar-refractivity contribution in [2.24, 2.45) is 0 Å². The molecule has 0 aliphatic heterocycles. The fraction of sp³-hybridized carbons (Fsp3) is 0.250. The Morgan fingerprint density at radius 3 is 2.69 bits per heavy atom. The van der Waals surface area contributed by atoms with E-state index in [0.717, 1.165) is 0 Å². The second-order valence-electron chi connectivity index (χ2n) is 6.66. The van der Waals surface area contributed by atoms with Crippen LogP contribution in [0.15, 0.2) is 41.2 Å². The molecule has 150 valence electrons. The topological polar surface area (TPSA) is 109 Å². The number of halogens is 1. The van der Waals surface area contributed by atoms with Crippen LogP contribution in [0, 0.1) is 17.0 Å². The molecule has 0 saturated carbocycles. The van der Waals surface area contributed by atoms with Crippen molar-refractivity contribution in [1.82, 2.24) is 14.9 Å². The van der Waals surface area contributed by atoms with E-state index in [2.05, 4.69) is 9.97 Å². The van der Waals surface area contributed by atoms with Gasteiger partial charge in [-0.1, -0.05) is 18.5 Å². The van der Waals surface area contributed by atoms with Crippen LogP contribution >= 0.6 is 11.6 Å². The zero-order chi connectivity index (χ0) is 21.1. The van der Waals surface area contributed by atoms with Crippen LogP contribution in [0.1, 0.15) is 35.1 Å². The maximum Gasteiger partial charge on any atom is 0.272 e. The molecule has 1 aromatic heterocycles. The molecule has 3 aromatic rings. The Balaban J connectivity index is 1.93. The molecular weight excluding hydrogens is 396 g/mol. The highest BCUT2D eigenvalue weighted by molar-refractivity contribution is 6.31. The summed E-state index contributed by atoms with van der Waals surface area (Å²) in [4.78, 5) is 44.5. The van der Waals surface area contributed by atoms with Gasteiger partial charge in [-0.25, -0.2) is 4.98 Å². The quantitative estimate of drug-likeness (QED) is 0.486. The first-order chi connectivity index (χ1) is 13.8. The molecule has 0 aliphatic rings. The van der Waals surface area contributed by atoms with E-state index in [1.54, 1.807) is 30.0 Å². The van der Waals surface area contributed by atoms with E-state index in [4.69, 9.17) is 11.6 Å². The minimum absolute atomic E-state index is 0.0407. The molecule has 8 nitrogen and oxygen atoms in total. The highest BCUT2D eigenvalue weighted by Crippen LogP contribution is 2.20. The molecule has 29 heavy (non-hydrogen) atoms.